The zero-order valence-corrected chi connectivity index (χ0v) is 10.5. The number of furan rings is 1. The molecule has 1 N–H and O–H groups in total. The lowest BCUT2D eigenvalue weighted by molar-refractivity contribution is 0.0666. The number of hydrogen-bond acceptors (Lipinski definition) is 2. The SMILES string of the molecule is O=C(O)c1oc(-c2ccc(Cl)cc2)c2ccccc12. The number of carboxylic acids is 1. The van der Waals surface area contributed by atoms with Gasteiger partial charge in [-0.05, 0) is 24.3 Å². The van der Waals surface area contributed by atoms with E-state index in [1.54, 1.807) is 36.4 Å². The summed E-state index contributed by atoms with van der Waals surface area (Å²) in [4.78, 5) is 11.2. The van der Waals surface area contributed by atoms with Crippen molar-refractivity contribution in [3.05, 3.63) is 59.3 Å². The molecule has 0 aliphatic carbocycles. The Hall–Kier alpha value is -2.26. The van der Waals surface area contributed by atoms with Crippen molar-refractivity contribution in [2.24, 2.45) is 0 Å². The van der Waals surface area contributed by atoms with E-state index in [2.05, 4.69) is 0 Å². The lowest BCUT2D eigenvalue weighted by Crippen LogP contribution is -1.93. The molecule has 1 aromatic heterocycles. The summed E-state index contributed by atoms with van der Waals surface area (Å²) in [5.41, 5.74) is 0.799. The van der Waals surface area contributed by atoms with Crippen LogP contribution in [0.25, 0.3) is 22.1 Å². The van der Waals surface area contributed by atoms with Gasteiger partial charge in [0.25, 0.3) is 0 Å². The third kappa shape index (κ3) is 1.98. The molecule has 3 aromatic rings. The molecule has 0 bridgehead atoms. The molecule has 0 fully saturated rings. The molecule has 1 heterocycles. The Bertz CT molecular complexity index is 757. The molecular formula is C15H9ClO3. The number of hydrogen-bond donors (Lipinski definition) is 1. The number of fused-ring (bicyclic) bond motifs is 1. The molecule has 2 aromatic carbocycles. The minimum atomic E-state index is -1.07. The van der Waals surface area contributed by atoms with Gasteiger partial charge in [-0.25, -0.2) is 4.79 Å². The fourth-order valence-corrected chi connectivity index (χ4v) is 2.19. The van der Waals surface area contributed by atoms with Gasteiger partial charge >= 0.3 is 5.97 Å². The highest BCUT2D eigenvalue weighted by molar-refractivity contribution is 6.30. The molecule has 4 heteroatoms. The minimum absolute atomic E-state index is 0.0412. The molecule has 0 saturated heterocycles. The molecule has 0 saturated carbocycles. The van der Waals surface area contributed by atoms with E-state index in [1.165, 1.54) is 0 Å². The molecule has 0 amide bonds. The second-order valence-corrected chi connectivity index (χ2v) is 4.55. The summed E-state index contributed by atoms with van der Waals surface area (Å²) in [6.45, 7) is 0. The lowest BCUT2D eigenvalue weighted by Gasteiger charge is -1.98. The van der Waals surface area contributed by atoms with E-state index >= 15 is 0 Å². The number of carbonyl (C=O) groups is 1. The fraction of sp³-hybridized carbons (Fsp3) is 0. The van der Waals surface area contributed by atoms with Crippen molar-refractivity contribution < 1.29 is 14.3 Å². The highest BCUT2D eigenvalue weighted by Gasteiger charge is 2.18. The molecule has 0 radical (unpaired) electrons. The van der Waals surface area contributed by atoms with Crippen molar-refractivity contribution in [1.82, 2.24) is 0 Å². The van der Waals surface area contributed by atoms with E-state index in [1.807, 2.05) is 12.1 Å². The van der Waals surface area contributed by atoms with Crippen LogP contribution in [0.2, 0.25) is 5.02 Å². The highest BCUT2D eigenvalue weighted by Crippen LogP contribution is 2.34. The molecule has 0 unspecified atom stereocenters. The molecular weight excluding hydrogens is 264 g/mol. The standard InChI is InChI=1S/C15H9ClO3/c16-10-7-5-9(6-8-10)13-11-3-1-2-4-12(11)14(19-13)15(17)18/h1-8H,(H,17,18). The smallest absolute Gasteiger partial charge is 0.372 e. The Labute approximate surface area is 114 Å². The maximum absolute atomic E-state index is 11.2. The predicted octanol–water partition coefficient (Wildman–Crippen LogP) is 4.45. The zero-order valence-electron chi connectivity index (χ0n) is 9.76. The van der Waals surface area contributed by atoms with E-state index in [0.717, 1.165) is 10.9 Å². The van der Waals surface area contributed by atoms with Crippen LogP contribution in [0.4, 0.5) is 0 Å². The quantitative estimate of drug-likeness (QED) is 0.750. The molecule has 0 atom stereocenters. The first-order valence-electron chi connectivity index (χ1n) is 5.67. The van der Waals surface area contributed by atoms with Gasteiger partial charge in [-0.2, -0.15) is 0 Å². The summed E-state index contributed by atoms with van der Waals surface area (Å²) in [5.74, 6) is -0.568. The molecule has 0 spiro atoms. The monoisotopic (exact) mass is 272 g/mol. The highest BCUT2D eigenvalue weighted by atomic mass is 35.5. The van der Waals surface area contributed by atoms with Gasteiger partial charge < -0.3 is 9.52 Å². The Balaban J connectivity index is 2.29. The van der Waals surface area contributed by atoms with Crippen molar-refractivity contribution in [2.45, 2.75) is 0 Å². The maximum Gasteiger partial charge on any atom is 0.372 e. The number of carboxylic acid groups (broad SMARTS) is 1. The van der Waals surface area contributed by atoms with E-state index in [0.29, 0.717) is 16.2 Å². The van der Waals surface area contributed by atoms with Gasteiger partial charge in [0.05, 0.1) is 0 Å². The van der Waals surface area contributed by atoms with Crippen molar-refractivity contribution in [3.8, 4) is 11.3 Å². The number of benzene rings is 2. The summed E-state index contributed by atoms with van der Waals surface area (Å²) < 4.78 is 5.51. The first-order chi connectivity index (χ1) is 9.16. The normalized spacial score (nSPS) is 10.8. The number of halogens is 1. The van der Waals surface area contributed by atoms with E-state index < -0.39 is 5.97 Å². The Morgan fingerprint density at radius 2 is 1.63 bits per heavy atom. The van der Waals surface area contributed by atoms with Crippen LogP contribution in [0, 0.1) is 0 Å². The van der Waals surface area contributed by atoms with E-state index in [-0.39, 0.29) is 5.76 Å². The lowest BCUT2D eigenvalue weighted by atomic mass is 10.1. The minimum Gasteiger partial charge on any atom is -0.475 e. The van der Waals surface area contributed by atoms with Crippen molar-refractivity contribution in [2.75, 3.05) is 0 Å². The fourth-order valence-electron chi connectivity index (χ4n) is 2.07. The van der Waals surface area contributed by atoms with Crippen LogP contribution in [0.15, 0.2) is 52.9 Å². The second kappa shape index (κ2) is 4.44. The van der Waals surface area contributed by atoms with Gasteiger partial charge in [-0.1, -0.05) is 35.9 Å². The van der Waals surface area contributed by atoms with Crippen LogP contribution in [0.5, 0.6) is 0 Å². The van der Waals surface area contributed by atoms with Gasteiger partial charge in [0.15, 0.2) is 0 Å². The van der Waals surface area contributed by atoms with Crippen LogP contribution >= 0.6 is 11.6 Å². The Morgan fingerprint density at radius 3 is 2.26 bits per heavy atom. The first-order valence-corrected chi connectivity index (χ1v) is 6.05. The average molecular weight is 273 g/mol. The van der Waals surface area contributed by atoms with Crippen molar-refractivity contribution in [3.63, 3.8) is 0 Å². The summed E-state index contributed by atoms with van der Waals surface area (Å²) in [6.07, 6.45) is 0. The molecule has 3 nitrogen and oxygen atoms in total. The third-order valence-electron chi connectivity index (χ3n) is 2.92. The summed E-state index contributed by atoms with van der Waals surface area (Å²) >= 11 is 5.85. The second-order valence-electron chi connectivity index (χ2n) is 4.12. The van der Waals surface area contributed by atoms with Crippen LogP contribution in [-0.2, 0) is 0 Å². The summed E-state index contributed by atoms with van der Waals surface area (Å²) in [7, 11) is 0. The van der Waals surface area contributed by atoms with E-state index in [9.17, 15) is 9.90 Å². The predicted molar refractivity (Wildman–Crippen MR) is 73.6 cm³/mol. The Kier molecular flexibility index (Phi) is 2.76. The molecule has 0 aliphatic heterocycles. The summed E-state index contributed by atoms with van der Waals surface area (Å²) in [5, 5.41) is 11.2. The summed E-state index contributed by atoms with van der Waals surface area (Å²) in [6, 6.07) is 14.3. The van der Waals surface area contributed by atoms with Crippen LogP contribution < -0.4 is 0 Å². The van der Waals surface area contributed by atoms with Gasteiger partial charge in [0.1, 0.15) is 5.76 Å². The number of aromatic carboxylic acids is 1. The van der Waals surface area contributed by atoms with Crippen molar-refractivity contribution >= 4 is 28.3 Å². The van der Waals surface area contributed by atoms with Crippen LogP contribution in [0.3, 0.4) is 0 Å². The largest absolute Gasteiger partial charge is 0.475 e. The average Bonchev–Trinajstić information content (AvgIpc) is 2.79. The molecule has 19 heavy (non-hydrogen) atoms. The van der Waals surface area contributed by atoms with Crippen molar-refractivity contribution in [1.29, 1.82) is 0 Å². The molecule has 94 valence electrons. The van der Waals surface area contributed by atoms with Gasteiger partial charge in [0.2, 0.25) is 5.76 Å². The maximum atomic E-state index is 11.2. The van der Waals surface area contributed by atoms with E-state index in [4.69, 9.17) is 16.0 Å². The van der Waals surface area contributed by atoms with Gasteiger partial charge in [0, 0.05) is 21.4 Å². The Morgan fingerprint density at radius 1 is 1.00 bits per heavy atom. The molecule has 0 aliphatic rings. The van der Waals surface area contributed by atoms with Gasteiger partial charge in [-0.3, -0.25) is 0 Å². The molecule has 3 rings (SSSR count). The third-order valence-corrected chi connectivity index (χ3v) is 3.17. The first kappa shape index (κ1) is 11.8. The van der Waals surface area contributed by atoms with Gasteiger partial charge in [-0.15, -0.1) is 0 Å². The topological polar surface area (TPSA) is 50.4 Å². The zero-order chi connectivity index (χ0) is 13.4. The van der Waals surface area contributed by atoms with Crippen LogP contribution in [0.1, 0.15) is 10.6 Å². The number of rotatable bonds is 2. The van der Waals surface area contributed by atoms with Crippen LogP contribution in [-0.4, -0.2) is 11.1 Å².